The van der Waals surface area contributed by atoms with E-state index >= 15 is 0 Å². The van der Waals surface area contributed by atoms with Gasteiger partial charge in [0.2, 0.25) is 5.91 Å². The van der Waals surface area contributed by atoms with Crippen molar-refractivity contribution in [3.8, 4) is 0 Å². The number of amides is 1. The lowest BCUT2D eigenvalue weighted by Gasteiger charge is -2.34. The van der Waals surface area contributed by atoms with E-state index < -0.39 is 18.5 Å². The van der Waals surface area contributed by atoms with E-state index in [4.69, 9.17) is 4.74 Å². The van der Waals surface area contributed by atoms with E-state index in [9.17, 15) is 22.8 Å². The molecule has 0 unspecified atom stereocenters. The van der Waals surface area contributed by atoms with Gasteiger partial charge in [0, 0.05) is 26.2 Å². The fourth-order valence-corrected chi connectivity index (χ4v) is 1.83. The van der Waals surface area contributed by atoms with Crippen molar-refractivity contribution in [2.75, 3.05) is 39.3 Å². The number of ether oxygens (including phenoxy) is 1. The van der Waals surface area contributed by atoms with Gasteiger partial charge in [0.1, 0.15) is 6.42 Å². The van der Waals surface area contributed by atoms with Crippen LogP contribution in [0.15, 0.2) is 0 Å². The average molecular weight is 282 g/mol. The minimum Gasteiger partial charge on any atom is -0.465 e. The van der Waals surface area contributed by atoms with Crippen molar-refractivity contribution < 1.29 is 27.5 Å². The Labute approximate surface area is 109 Å². The lowest BCUT2D eigenvalue weighted by atomic mass is 10.2. The third kappa shape index (κ3) is 5.91. The number of piperazine rings is 1. The van der Waals surface area contributed by atoms with Gasteiger partial charge in [-0.15, -0.1) is 0 Å². The lowest BCUT2D eigenvalue weighted by molar-refractivity contribution is -0.162. The third-order valence-corrected chi connectivity index (χ3v) is 2.73. The van der Waals surface area contributed by atoms with Gasteiger partial charge >= 0.3 is 12.1 Å². The highest BCUT2D eigenvalue weighted by Gasteiger charge is 2.34. The second-order valence-corrected chi connectivity index (χ2v) is 4.25. The van der Waals surface area contributed by atoms with Gasteiger partial charge in [0.15, 0.2) is 0 Å². The smallest absolute Gasteiger partial charge is 0.397 e. The molecule has 0 aromatic heterocycles. The first kappa shape index (κ1) is 15.7. The van der Waals surface area contributed by atoms with Crippen molar-refractivity contribution in [2.24, 2.45) is 0 Å². The zero-order valence-electron chi connectivity index (χ0n) is 10.7. The second kappa shape index (κ2) is 6.74. The summed E-state index contributed by atoms with van der Waals surface area (Å²) in [6, 6.07) is 0. The van der Waals surface area contributed by atoms with Crippen LogP contribution >= 0.6 is 0 Å². The number of rotatable bonds is 4. The van der Waals surface area contributed by atoms with Crippen LogP contribution in [0.25, 0.3) is 0 Å². The normalized spacial score (nSPS) is 17.4. The van der Waals surface area contributed by atoms with Gasteiger partial charge in [-0.25, -0.2) is 0 Å². The number of nitrogens with zero attached hydrogens (tertiary/aromatic N) is 2. The Hall–Kier alpha value is -1.31. The molecule has 0 aromatic rings. The number of carbonyl (C=O) groups is 2. The van der Waals surface area contributed by atoms with Crippen LogP contribution in [0.4, 0.5) is 13.2 Å². The second-order valence-electron chi connectivity index (χ2n) is 4.25. The molecular formula is C11H17F3N2O3. The Bertz CT molecular complexity index is 326. The summed E-state index contributed by atoms with van der Waals surface area (Å²) in [4.78, 5) is 25.5. The molecule has 0 N–H and O–H groups in total. The van der Waals surface area contributed by atoms with Gasteiger partial charge in [-0.2, -0.15) is 13.2 Å². The molecular weight excluding hydrogens is 265 g/mol. The molecule has 1 saturated heterocycles. The molecule has 0 atom stereocenters. The SMILES string of the molecule is CCOC(=O)CN1CCN(C(=O)CC(F)(F)F)CC1. The van der Waals surface area contributed by atoms with Crippen LogP contribution in [0.1, 0.15) is 13.3 Å². The van der Waals surface area contributed by atoms with Gasteiger partial charge < -0.3 is 9.64 Å². The molecule has 0 radical (unpaired) electrons. The topological polar surface area (TPSA) is 49.9 Å². The van der Waals surface area contributed by atoms with Crippen molar-refractivity contribution in [3.05, 3.63) is 0 Å². The van der Waals surface area contributed by atoms with E-state index in [0.29, 0.717) is 19.7 Å². The third-order valence-electron chi connectivity index (χ3n) is 2.73. The van der Waals surface area contributed by atoms with Gasteiger partial charge in [0.25, 0.3) is 0 Å². The van der Waals surface area contributed by atoms with E-state index in [1.165, 1.54) is 4.90 Å². The number of alkyl halides is 3. The zero-order valence-corrected chi connectivity index (χ0v) is 10.7. The maximum absolute atomic E-state index is 12.1. The highest BCUT2D eigenvalue weighted by Crippen LogP contribution is 2.21. The molecule has 1 aliphatic heterocycles. The highest BCUT2D eigenvalue weighted by molar-refractivity contribution is 5.77. The Morgan fingerprint density at radius 3 is 2.21 bits per heavy atom. The maximum atomic E-state index is 12.1. The maximum Gasteiger partial charge on any atom is 0.397 e. The summed E-state index contributed by atoms with van der Waals surface area (Å²) in [7, 11) is 0. The summed E-state index contributed by atoms with van der Waals surface area (Å²) < 4.78 is 41.0. The summed E-state index contributed by atoms with van der Waals surface area (Å²) in [6.07, 6.45) is -5.90. The van der Waals surface area contributed by atoms with Crippen LogP contribution in [0.2, 0.25) is 0 Å². The van der Waals surface area contributed by atoms with Gasteiger partial charge in [-0.05, 0) is 6.92 Å². The van der Waals surface area contributed by atoms with E-state index in [2.05, 4.69) is 0 Å². The number of carbonyl (C=O) groups excluding carboxylic acids is 2. The van der Waals surface area contributed by atoms with Crippen molar-refractivity contribution >= 4 is 11.9 Å². The van der Waals surface area contributed by atoms with E-state index in [0.717, 1.165) is 0 Å². The molecule has 1 aliphatic rings. The molecule has 0 aromatic carbocycles. The van der Waals surface area contributed by atoms with Crippen molar-refractivity contribution in [3.63, 3.8) is 0 Å². The molecule has 5 nitrogen and oxygen atoms in total. The predicted octanol–water partition coefficient (Wildman–Crippen LogP) is 0.646. The van der Waals surface area contributed by atoms with Crippen molar-refractivity contribution in [1.82, 2.24) is 9.80 Å². The quantitative estimate of drug-likeness (QED) is 0.710. The summed E-state index contributed by atoms with van der Waals surface area (Å²) >= 11 is 0. The molecule has 110 valence electrons. The first-order valence-corrected chi connectivity index (χ1v) is 6.04. The predicted molar refractivity (Wildman–Crippen MR) is 60.3 cm³/mol. The average Bonchev–Trinajstić information content (AvgIpc) is 2.27. The Kier molecular flexibility index (Phi) is 5.59. The van der Waals surface area contributed by atoms with Crippen LogP contribution in [0, 0.1) is 0 Å². The molecule has 0 aliphatic carbocycles. The highest BCUT2D eigenvalue weighted by atomic mass is 19.4. The van der Waals surface area contributed by atoms with Crippen LogP contribution in [0.3, 0.4) is 0 Å². The molecule has 1 heterocycles. The molecule has 0 spiro atoms. The minimum absolute atomic E-state index is 0.106. The van der Waals surface area contributed by atoms with Crippen LogP contribution in [-0.2, 0) is 14.3 Å². The van der Waals surface area contributed by atoms with Gasteiger partial charge in [0.05, 0.1) is 13.2 Å². The first-order valence-electron chi connectivity index (χ1n) is 6.04. The van der Waals surface area contributed by atoms with Crippen LogP contribution in [0.5, 0.6) is 0 Å². The van der Waals surface area contributed by atoms with Crippen molar-refractivity contribution in [2.45, 2.75) is 19.5 Å². The molecule has 19 heavy (non-hydrogen) atoms. The fourth-order valence-electron chi connectivity index (χ4n) is 1.83. The zero-order chi connectivity index (χ0) is 14.5. The summed E-state index contributed by atoms with van der Waals surface area (Å²) in [6.45, 7) is 3.26. The summed E-state index contributed by atoms with van der Waals surface area (Å²) in [5.74, 6) is -1.28. The van der Waals surface area contributed by atoms with Crippen LogP contribution in [-0.4, -0.2) is 67.2 Å². The Balaban J connectivity index is 2.32. The van der Waals surface area contributed by atoms with E-state index in [1.807, 2.05) is 0 Å². The number of hydrogen-bond donors (Lipinski definition) is 0. The number of halogens is 3. The molecule has 1 fully saturated rings. The Morgan fingerprint density at radius 2 is 1.74 bits per heavy atom. The number of esters is 1. The monoisotopic (exact) mass is 282 g/mol. The fraction of sp³-hybridized carbons (Fsp3) is 0.818. The largest absolute Gasteiger partial charge is 0.465 e. The van der Waals surface area contributed by atoms with E-state index in [-0.39, 0.29) is 25.6 Å². The lowest BCUT2D eigenvalue weighted by Crippen LogP contribution is -2.50. The standard InChI is InChI=1S/C11H17F3N2O3/c1-2-19-10(18)8-15-3-5-16(6-4-15)9(17)7-11(12,13)14/h2-8H2,1H3. The van der Waals surface area contributed by atoms with Gasteiger partial charge in [-0.1, -0.05) is 0 Å². The number of hydrogen-bond acceptors (Lipinski definition) is 4. The molecule has 0 bridgehead atoms. The van der Waals surface area contributed by atoms with Crippen molar-refractivity contribution in [1.29, 1.82) is 0 Å². The van der Waals surface area contributed by atoms with Gasteiger partial charge in [-0.3, -0.25) is 14.5 Å². The first-order chi connectivity index (χ1) is 8.81. The molecule has 8 heteroatoms. The molecule has 0 saturated carbocycles. The van der Waals surface area contributed by atoms with Crippen LogP contribution < -0.4 is 0 Å². The summed E-state index contributed by atoms with van der Waals surface area (Å²) in [5.41, 5.74) is 0. The molecule has 1 amide bonds. The summed E-state index contributed by atoms with van der Waals surface area (Å²) in [5, 5.41) is 0. The van der Waals surface area contributed by atoms with E-state index in [1.54, 1.807) is 11.8 Å². The molecule has 1 rings (SSSR count). The Morgan fingerprint density at radius 1 is 1.16 bits per heavy atom. The minimum atomic E-state index is -4.47.